The summed E-state index contributed by atoms with van der Waals surface area (Å²) in [6, 6.07) is 10.4. The summed E-state index contributed by atoms with van der Waals surface area (Å²) in [6.45, 7) is 0.194. The van der Waals surface area contributed by atoms with Crippen LogP contribution in [0.2, 0.25) is 5.02 Å². The van der Waals surface area contributed by atoms with Crippen LogP contribution in [0, 0.1) is 11.6 Å². The molecule has 0 aliphatic rings. The zero-order valence-corrected chi connectivity index (χ0v) is 10.7. The Kier molecular flexibility index (Phi) is 4.35. The fourth-order valence-corrected chi connectivity index (χ4v) is 1.87. The molecular formula is C14H12ClF2NO. The lowest BCUT2D eigenvalue weighted by molar-refractivity contribution is 0.213. The molecule has 0 fully saturated rings. The zero-order valence-electron chi connectivity index (χ0n) is 9.95. The van der Waals surface area contributed by atoms with Crippen LogP contribution < -0.4 is 10.5 Å². The average Bonchev–Trinajstić information content (AvgIpc) is 2.40. The predicted molar refractivity (Wildman–Crippen MR) is 70.2 cm³/mol. The van der Waals surface area contributed by atoms with Gasteiger partial charge in [-0.1, -0.05) is 23.7 Å². The highest BCUT2D eigenvalue weighted by Crippen LogP contribution is 2.24. The number of hydrogen-bond donors (Lipinski definition) is 1. The minimum absolute atomic E-state index is 0.194. The Hall–Kier alpha value is -1.65. The van der Waals surface area contributed by atoms with Gasteiger partial charge in [0.1, 0.15) is 11.9 Å². The Morgan fingerprint density at radius 3 is 2.53 bits per heavy atom. The summed E-state index contributed by atoms with van der Waals surface area (Å²) >= 11 is 5.89. The molecule has 0 radical (unpaired) electrons. The van der Waals surface area contributed by atoms with Crippen LogP contribution in [0.15, 0.2) is 42.5 Å². The van der Waals surface area contributed by atoms with Crippen molar-refractivity contribution in [3.05, 3.63) is 64.7 Å². The predicted octanol–water partition coefficient (Wildman–Crippen LogP) is 3.70. The summed E-state index contributed by atoms with van der Waals surface area (Å²) in [4.78, 5) is 0. The minimum Gasteiger partial charge on any atom is -0.484 e. The third-order valence-corrected chi connectivity index (χ3v) is 2.84. The van der Waals surface area contributed by atoms with Gasteiger partial charge in [-0.2, -0.15) is 0 Å². The second-order valence-corrected chi connectivity index (χ2v) is 4.41. The molecule has 0 amide bonds. The fraction of sp³-hybridized carbons (Fsp3) is 0.143. The topological polar surface area (TPSA) is 35.2 Å². The number of hydrogen-bond acceptors (Lipinski definition) is 2. The Morgan fingerprint density at radius 2 is 1.89 bits per heavy atom. The lowest BCUT2D eigenvalue weighted by atomic mass is 10.1. The third-order valence-electron chi connectivity index (χ3n) is 2.60. The average molecular weight is 284 g/mol. The molecule has 2 aromatic rings. The van der Waals surface area contributed by atoms with Crippen LogP contribution in [0.4, 0.5) is 8.78 Å². The van der Waals surface area contributed by atoms with Crippen molar-refractivity contribution >= 4 is 11.6 Å². The summed E-state index contributed by atoms with van der Waals surface area (Å²) in [6.07, 6.45) is -0.469. The molecule has 2 nitrogen and oxygen atoms in total. The van der Waals surface area contributed by atoms with Gasteiger partial charge < -0.3 is 10.5 Å². The molecule has 1 atom stereocenters. The fourth-order valence-electron chi connectivity index (χ4n) is 1.67. The van der Waals surface area contributed by atoms with Crippen molar-refractivity contribution in [3.63, 3.8) is 0 Å². The number of ether oxygens (including phenoxy) is 1. The zero-order chi connectivity index (χ0) is 13.8. The van der Waals surface area contributed by atoms with Crippen LogP contribution in [0.3, 0.4) is 0 Å². The quantitative estimate of drug-likeness (QED) is 0.929. The molecule has 1 unspecified atom stereocenters. The molecule has 0 heterocycles. The van der Waals surface area contributed by atoms with Gasteiger partial charge in [-0.15, -0.1) is 0 Å². The van der Waals surface area contributed by atoms with E-state index in [1.807, 2.05) is 6.07 Å². The van der Waals surface area contributed by atoms with Crippen LogP contribution in [0.5, 0.6) is 5.75 Å². The van der Waals surface area contributed by atoms with Crippen molar-refractivity contribution in [3.8, 4) is 5.75 Å². The summed E-state index contributed by atoms with van der Waals surface area (Å²) in [5.74, 6) is -1.66. The second-order valence-electron chi connectivity index (χ2n) is 3.97. The van der Waals surface area contributed by atoms with E-state index in [0.29, 0.717) is 5.02 Å². The van der Waals surface area contributed by atoms with E-state index in [4.69, 9.17) is 22.1 Å². The molecule has 0 bridgehead atoms. The van der Waals surface area contributed by atoms with E-state index in [2.05, 4.69) is 0 Å². The summed E-state index contributed by atoms with van der Waals surface area (Å²) in [5, 5.41) is 0.560. The van der Waals surface area contributed by atoms with Gasteiger partial charge in [0.15, 0.2) is 11.6 Å². The van der Waals surface area contributed by atoms with Gasteiger partial charge in [-0.05, 0) is 29.8 Å². The first-order chi connectivity index (χ1) is 9.10. The molecule has 0 saturated carbocycles. The van der Waals surface area contributed by atoms with Crippen molar-refractivity contribution in [2.45, 2.75) is 6.10 Å². The monoisotopic (exact) mass is 283 g/mol. The Balaban J connectivity index is 2.21. The van der Waals surface area contributed by atoms with E-state index in [1.165, 1.54) is 6.07 Å². The summed E-state index contributed by atoms with van der Waals surface area (Å²) in [5.41, 5.74) is 6.41. The van der Waals surface area contributed by atoms with Crippen LogP contribution in [0.1, 0.15) is 11.7 Å². The molecule has 2 aromatic carbocycles. The largest absolute Gasteiger partial charge is 0.484 e. The maximum atomic E-state index is 13.1. The first-order valence-electron chi connectivity index (χ1n) is 5.67. The van der Waals surface area contributed by atoms with E-state index in [-0.39, 0.29) is 12.3 Å². The van der Waals surface area contributed by atoms with E-state index in [9.17, 15) is 8.78 Å². The van der Waals surface area contributed by atoms with E-state index in [0.717, 1.165) is 17.7 Å². The first kappa shape index (κ1) is 13.8. The van der Waals surface area contributed by atoms with Crippen LogP contribution >= 0.6 is 11.6 Å². The molecule has 0 aliphatic carbocycles. The lowest BCUT2D eigenvalue weighted by Crippen LogP contribution is -2.18. The molecule has 5 heteroatoms. The van der Waals surface area contributed by atoms with Crippen molar-refractivity contribution in [1.82, 2.24) is 0 Å². The van der Waals surface area contributed by atoms with Crippen molar-refractivity contribution < 1.29 is 13.5 Å². The smallest absolute Gasteiger partial charge is 0.162 e. The lowest BCUT2D eigenvalue weighted by Gasteiger charge is -2.18. The number of nitrogens with two attached hydrogens (primary N) is 1. The second kappa shape index (κ2) is 5.99. The van der Waals surface area contributed by atoms with E-state index >= 15 is 0 Å². The van der Waals surface area contributed by atoms with Gasteiger partial charge in [0.05, 0.1) is 0 Å². The Labute approximate surface area is 114 Å². The van der Waals surface area contributed by atoms with Crippen molar-refractivity contribution in [1.29, 1.82) is 0 Å². The molecule has 100 valence electrons. The molecule has 19 heavy (non-hydrogen) atoms. The standard InChI is InChI=1S/C14H12ClF2NO/c15-10-3-1-2-9(6-10)14(8-18)19-11-4-5-12(16)13(17)7-11/h1-7,14H,8,18H2. The Morgan fingerprint density at radius 1 is 1.11 bits per heavy atom. The highest BCUT2D eigenvalue weighted by atomic mass is 35.5. The van der Waals surface area contributed by atoms with Gasteiger partial charge in [0.25, 0.3) is 0 Å². The molecular weight excluding hydrogens is 272 g/mol. The highest BCUT2D eigenvalue weighted by molar-refractivity contribution is 6.30. The molecule has 2 rings (SSSR count). The minimum atomic E-state index is -0.959. The maximum absolute atomic E-state index is 13.1. The van der Waals surface area contributed by atoms with Gasteiger partial charge in [0, 0.05) is 17.6 Å². The summed E-state index contributed by atoms with van der Waals surface area (Å²) < 4.78 is 31.5. The highest BCUT2D eigenvalue weighted by Gasteiger charge is 2.13. The van der Waals surface area contributed by atoms with E-state index < -0.39 is 17.7 Å². The number of benzene rings is 2. The third kappa shape index (κ3) is 3.43. The molecule has 0 spiro atoms. The van der Waals surface area contributed by atoms with Crippen LogP contribution in [-0.4, -0.2) is 6.54 Å². The molecule has 0 aliphatic heterocycles. The van der Waals surface area contributed by atoms with Crippen molar-refractivity contribution in [2.24, 2.45) is 5.73 Å². The molecule has 0 saturated heterocycles. The number of halogens is 3. The van der Waals surface area contributed by atoms with E-state index in [1.54, 1.807) is 18.2 Å². The van der Waals surface area contributed by atoms with Gasteiger partial charge in [-0.25, -0.2) is 8.78 Å². The van der Waals surface area contributed by atoms with Gasteiger partial charge in [-0.3, -0.25) is 0 Å². The SMILES string of the molecule is NCC(Oc1ccc(F)c(F)c1)c1cccc(Cl)c1. The van der Waals surface area contributed by atoms with Crippen LogP contribution in [-0.2, 0) is 0 Å². The molecule has 0 aromatic heterocycles. The Bertz CT molecular complexity index is 577. The first-order valence-corrected chi connectivity index (χ1v) is 6.05. The van der Waals surface area contributed by atoms with Crippen LogP contribution in [0.25, 0.3) is 0 Å². The summed E-state index contributed by atoms with van der Waals surface area (Å²) in [7, 11) is 0. The normalized spacial score (nSPS) is 12.2. The van der Waals surface area contributed by atoms with Gasteiger partial charge in [0.2, 0.25) is 0 Å². The van der Waals surface area contributed by atoms with Crippen molar-refractivity contribution in [2.75, 3.05) is 6.54 Å². The van der Waals surface area contributed by atoms with Gasteiger partial charge >= 0.3 is 0 Å². The maximum Gasteiger partial charge on any atom is 0.162 e. The molecule has 2 N–H and O–H groups in total. The number of rotatable bonds is 4.